The summed E-state index contributed by atoms with van der Waals surface area (Å²) in [5, 5.41) is 30.7. The number of aliphatic hydroxyl groups excluding tert-OH is 2. The first kappa shape index (κ1) is 24.4. The van der Waals surface area contributed by atoms with E-state index in [1.807, 2.05) is 13.8 Å². The third-order valence-corrected chi connectivity index (χ3v) is 9.50. The molecular formula is C28H47NO3. The van der Waals surface area contributed by atoms with Crippen LogP contribution in [0.15, 0.2) is 23.3 Å². The van der Waals surface area contributed by atoms with Crippen LogP contribution in [0.3, 0.4) is 0 Å². The average molecular weight is 446 g/mol. The van der Waals surface area contributed by atoms with Crippen molar-refractivity contribution in [2.45, 2.75) is 116 Å². The van der Waals surface area contributed by atoms with Crippen molar-refractivity contribution in [3.8, 4) is 0 Å². The van der Waals surface area contributed by atoms with Gasteiger partial charge in [-0.05, 0) is 108 Å². The predicted octanol–water partition coefficient (Wildman–Crippen LogP) is 4.83. The Bertz CT molecular complexity index is 711. The van der Waals surface area contributed by atoms with Gasteiger partial charge in [0, 0.05) is 12.6 Å². The summed E-state index contributed by atoms with van der Waals surface area (Å²) in [5.41, 5.74) is 2.56. The van der Waals surface area contributed by atoms with Gasteiger partial charge in [-0.1, -0.05) is 37.1 Å². The van der Waals surface area contributed by atoms with Gasteiger partial charge in [-0.3, -0.25) is 4.90 Å². The van der Waals surface area contributed by atoms with Crippen molar-refractivity contribution >= 4 is 0 Å². The van der Waals surface area contributed by atoms with Crippen LogP contribution in [0.25, 0.3) is 0 Å². The van der Waals surface area contributed by atoms with Crippen molar-refractivity contribution in [1.82, 2.24) is 4.90 Å². The van der Waals surface area contributed by atoms with E-state index in [0.717, 1.165) is 25.4 Å². The summed E-state index contributed by atoms with van der Waals surface area (Å²) in [6.07, 6.45) is 14.5. The number of aliphatic hydroxyl groups is 3. The molecule has 32 heavy (non-hydrogen) atoms. The lowest BCUT2D eigenvalue weighted by Crippen LogP contribution is -2.48. The van der Waals surface area contributed by atoms with Crippen LogP contribution in [0.5, 0.6) is 0 Å². The fraction of sp³-hybridized carbons (Fsp3) is 0.857. The maximum Gasteiger partial charge on any atom is 0.0746 e. The Morgan fingerprint density at radius 2 is 1.81 bits per heavy atom. The lowest BCUT2D eigenvalue weighted by atomic mass is 9.61. The molecule has 0 amide bonds. The molecule has 0 aromatic rings. The minimum atomic E-state index is -0.618. The second kappa shape index (κ2) is 9.52. The van der Waals surface area contributed by atoms with Gasteiger partial charge in [-0.2, -0.15) is 0 Å². The molecule has 0 bridgehead atoms. The zero-order valence-corrected chi connectivity index (χ0v) is 20.9. The van der Waals surface area contributed by atoms with Crippen molar-refractivity contribution in [2.24, 2.45) is 23.2 Å². The Morgan fingerprint density at radius 1 is 1.09 bits per heavy atom. The van der Waals surface area contributed by atoms with Crippen LogP contribution in [0.4, 0.5) is 0 Å². The van der Waals surface area contributed by atoms with Gasteiger partial charge >= 0.3 is 0 Å². The normalized spacial score (nSPS) is 41.2. The Hall–Kier alpha value is -0.680. The number of hydrogen-bond donors (Lipinski definition) is 3. The zero-order chi connectivity index (χ0) is 23.1. The highest BCUT2D eigenvalue weighted by Gasteiger charge is 2.51. The smallest absolute Gasteiger partial charge is 0.0746 e. The summed E-state index contributed by atoms with van der Waals surface area (Å²) in [6, 6.07) is 0.296. The Morgan fingerprint density at radius 3 is 2.50 bits per heavy atom. The Balaban J connectivity index is 1.45. The second-order valence-corrected chi connectivity index (χ2v) is 12.4. The minimum absolute atomic E-state index is 0.296. The lowest BCUT2D eigenvalue weighted by Gasteiger charge is -2.45. The Labute approximate surface area is 195 Å². The van der Waals surface area contributed by atoms with Crippen molar-refractivity contribution in [3.63, 3.8) is 0 Å². The topological polar surface area (TPSA) is 63.9 Å². The lowest BCUT2D eigenvalue weighted by molar-refractivity contribution is -0.0143. The van der Waals surface area contributed by atoms with E-state index >= 15 is 0 Å². The van der Waals surface area contributed by atoms with Crippen LogP contribution >= 0.6 is 0 Å². The molecule has 0 spiro atoms. The Kier molecular flexibility index (Phi) is 7.27. The highest BCUT2D eigenvalue weighted by Crippen LogP contribution is 2.59. The molecule has 1 saturated heterocycles. The third kappa shape index (κ3) is 5.04. The van der Waals surface area contributed by atoms with Gasteiger partial charge in [0.05, 0.1) is 17.8 Å². The molecule has 0 aromatic carbocycles. The molecule has 3 aliphatic carbocycles. The van der Waals surface area contributed by atoms with Crippen LogP contribution in [-0.2, 0) is 0 Å². The van der Waals surface area contributed by atoms with Crippen LogP contribution in [0.2, 0.25) is 0 Å². The van der Waals surface area contributed by atoms with E-state index in [1.54, 1.807) is 5.57 Å². The number of fused-ring (bicyclic) bond motifs is 1. The first-order chi connectivity index (χ1) is 15.1. The first-order valence-corrected chi connectivity index (χ1v) is 13.3. The van der Waals surface area contributed by atoms with E-state index < -0.39 is 17.8 Å². The van der Waals surface area contributed by atoms with Gasteiger partial charge < -0.3 is 15.3 Å². The van der Waals surface area contributed by atoms with E-state index in [9.17, 15) is 15.3 Å². The highest BCUT2D eigenvalue weighted by atomic mass is 16.3. The molecule has 0 aromatic heterocycles. The predicted molar refractivity (Wildman–Crippen MR) is 130 cm³/mol. The van der Waals surface area contributed by atoms with Crippen LogP contribution in [-0.4, -0.2) is 57.2 Å². The summed E-state index contributed by atoms with van der Waals surface area (Å²) >= 11 is 0. The van der Waals surface area contributed by atoms with Crippen LogP contribution in [0.1, 0.15) is 91.9 Å². The van der Waals surface area contributed by atoms with Gasteiger partial charge in [0.2, 0.25) is 0 Å². The van der Waals surface area contributed by atoms with Crippen LogP contribution < -0.4 is 0 Å². The zero-order valence-electron chi connectivity index (χ0n) is 20.9. The highest BCUT2D eigenvalue weighted by molar-refractivity contribution is 5.26. The number of hydrogen-bond acceptors (Lipinski definition) is 4. The average Bonchev–Trinajstić information content (AvgIpc) is 3.29. The summed E-state index contributed by atoms with van der Waals surface area (Å²) in [7, 11) is 0. The summed E-state index contributed by atoms with van der Waals surface area (Å²) < 4.78 is 0. The minimum Gasteiger partial charge on any atom is -0.393 e. The van der Waals surface area contributed by atoms with E-state index in [0.29, 0.717) is 42.6 Å². The fourth-order valence-electron chi connectivity index (χ4n) is 8.09. The number of likely N-dealkylation sites (tertiary alicyclic amines) is 1. The molecule has 4 fully saturated rings. The quantitative estimate of drug-likeness (QED) is 0.567. The van der Waals surface area contributed by atoms with Crippen molar-refractivity contribution in [3.05, 3.63) is 23.3 Å². The molecule has 4 heteroatoms. The van der Waals surface area contributed by atoms with Gasteiger partial charge in [-0.15, -0.1) is 0 Å². The maximum absolute atomic E-state index is 10.7. The van der Waals surface area contributed by atoms with E-state index in [2.05, 4.69) is 30.9 Å². The van der Waals surface area contributed by atoms with E-state index in [4.69, 9.17) is 0 Å². The van der Waals surface area contributed by atoms with Crippen molar-refractivity contribution in [2.75, 3.05) is 13.1 Å². The SMILES string of the molecule is C[C@H](CN1CCC[C@@H]1C(C)(C)O)[C@H]1CC[C@H]2/C(=C/C=C3C[C@@H](O)C[C@H](O)C3)CCC[C@]12C. The summed E-state index contributed by atoms with van der Waals surface area (Å²) in [4.78, 5) is 2.57. The molecule has 3 N–H and O–H groups in total. The number of allylic oxidation sites excluding steroid dienone is 3. The molecule has 3 saturated carbocycles. The molecule has 4 aliphatic rings. The maximum atomic E-state index is 10.7. The van der Waals surface area contributed by atoms with Crippen LogP contribution in [0, 0.1) is 23.2 Å². The van der Waals surface area contributed by atoms with Gasteiger partial charge in [0.1, 0.15) is 0 Å². The molecule has 4 rings (SSSR count). The van der Waals surface area contributed by atoms with Crippen molar-refractivity contribution < 1.29 is 15.3 Å². The van der Waals surface area contributed by atoms with E-state index in [1.165, 1.54) is 44.1 Å². The van der Waals surface area contributed by atoms with E-state index in [-0.39, 0.29) is 0 Å². The third-order valence-electron chi connectivity index (χ3n) is 9.50. The first-order valence-electron chi connectivity index (χ1n) is 13.3. The standard InChI is InChI=1S/C28H47NO3/c1-19(18-29-14-6-8-26(29)27(2,3)32)24-11-12-25-21(7-5-13-28(24,25)4)10-9-20-15-22(30)17-23(31)16-20/h9-10,19,22-26,30-32H,5-8,11-18H2,1-4H3/b21-10+/t19-,22-,23-,24-,25+,26-,28-/m1/s1. The van der Waals surface area contributed by atoms with Gasteiger partial charge in [0.25, 0.3) is 0 Å². The second-order valence-electron chi connectivity index (χ2n) is 12.4. The molecule has 1 aliphatic heterocycles. The summed E-state index contributed by atoms with van der Waals surface area (Å²) in [6.45, 7) is 11.2. The molecule has 182 valence electrons. The molecule has 4 nitrogen and oxygen atoms in total. The molecule has 1 heterocycles. The molecule has 0 unspecified atom stereocenters. The largest absolute Gasteiger partial charge is 0.393 e. The molecule has 7 atom stereocenters. The molecular weight excluding hydrogens is 398 g/mol. The number of nitrogens with zero attached hydrogens (tertiary/aromatic N) is 1. The monoisotopic (exact) mass is 445 g/mol. The fourth-order valence-corrected chi connectivity index (χ4v) is 8.09. The molecule has 0 radical (unpaired) electrons. The van der Waals surface area contributed by atoms with Crippen molar-refractivity contribution in [1.29, 1.82) is 0 Å². The summed E-state index contributed by atoms with van der Waals surface area (Å²) in [5.74, 6) is 2.06. The van der Waals surface area contributed by atoms with Gasteiger partial charge in [-0.25, -0.2) is 0 Å². The number of rotatable bonds is 5. The van der Waals surface area contributed by atoms with Gasteiger partial charge in [0.15, 0.2) is 0 Å².